The van der Waals surface area contributed by atoms with Crippen LogP contribution < -0.4 is 14.2 Å². The Balaban J connectivity index is 1.70. The van der Waals surface area contributed by atoms with Crippen molar-refractivity contribution < 1.29 is 23.9 Å². The van der Waals surface area contributed by atoms with E-state index in [0.29, 0.717) is 40.8 Å². The Kier molecular flexibility index (Phi) is 7.33. The van der Waals surface area contributed by atoms with Crippen molar-refractivity contribution in [1.82, 2.24) is 4.90 Å². The summed E-state index contributed by atoms with van der Waals surface area (Å²) in [6.45, 7) is 0.534. The van der Waals surface area contributed by atoms with Gasteiger partial charge in [0.1, 0.15) is 12.4 Å². The maximum atomic E-state index is 13.6. The summed E-state index contributed by atoms with van der Waals surface area (Å²) < 4.78 is 16.9. The fourth-order valence-electron chi connectivity index (χ4n) is 4.11. The van der Waals surface area contributed by atoms with Crippen molar-refractivity contribution >= 4 is 34.8 Å². The van der Waals surface area contributed by atoms with Crippen LogP contribution in [0.3, 0.4) is 0 Å². The molecule has 4 rings (SSSR count). The van der Waals surface area contributed by atoms with E-state index >= 15 is 0 Å². The molecule has 0 saturated heterocycles. The lowest BCUT2D eigenvalue weighted by molar-refractivity contribution is -0.384. The number of carbonyl (C=O) groups is 1. The third-order valence-corrected chi connectivity index (χ3v) is 6.43. The summed E-state index contributed by atoms with van der Waals surface area (Å²) in [6.07, 6.45) is 0.598. The van der Waals surface area contributed by atoms with Gasteiger partial charge in [0.15, 0.2) is 11.5 Å². The van der Waals surface area contributed by atoms with E-state index in [-0.39, 0.29) is 23.2 Å². The molecule has 35 heavy (non-hydrogen) atoms. The maximum absolute atomic E-state index is 13.6. The summed E-state index contributed by atoms with van der Waals surface area (Å²) in [5.41, 5.74) is 2.16. The Morgan fingerprint density at radius 3 is 2.37 bits per heavy atom. The van der Waals surface area contributed by atoms with E-state index in [9.17, 15) is 14.9 Å². The van der Waals surface area contributed by atoms with E-state index in [0.717, 1.165) is 11.1 Å². The minimum atomic E-state index is -0.479. The van der Waals surface area contributed by atoms with Crippen molar-refractivity contribution in [2.24, 2.45) is 0 Å². The fraction of sp³-hybridized carbons (Fsp3) is 0.240. The van der Waals surface area contributed by atoms with Crippen molar-refractivity contribution in [2.75, 3.05) is 27.4 Å². The van der Waals surface area contributed by atoms with Crippen molar-refractivity contribution in [3.63, 3.8) is 0 Å². The molecule has 182 valence electrons. The number of carbonyl (C=O) groups excluding carboxylic acids is 1. The quantitative estimate of drug-likeness (QED) is 0.293. The third-order valence-electron chi connectivity index (χ3n) is 5.88. The van der Waals surface area contributed by atoms with Crippen molar-refractivity contribution in [1.29, 1.82) is 0 Å². The largest absolute Gasteiger partial charge is 0.493 e. The summed E-state index contributed by atoms with van der Waals surface area (Å²) >= 11 is 12.4. The lowest BCUT2D eigenvalue weighted by Crippen LogP contribution is -2.42. The Morgan fingerprint density at radius 2 is 1.74 bits per heavy atom. The monoisotopic (exact) mass is 516 g/mol. The number of rotatable bonds is 7. The third kappa shape index (κ3) is 5.13. The first-order valence-corrected chi connectivity index (χ1v) is 11.5. The molecule has 0 saturated carbocycles. The van der Waals surface area contributed by atoms with Gasteiger partial charge in [-0.15, -0.1) is 0 Å². The molecular weight excluding hydrogens is 495 g/mol. The summed E-state index contributed by atoms with van der Waals surface area (Å²) in [7, 11) is 3.12. The van der Waals surface area contributed by atoms with Gasteiger partial charge in [0, 0.05) is 23.7 Å². The molecular formula is C25H22Cl2N2O6. The minimum absolute atomic E-state index is 0.0358. The Morgan fingerprint density at radius 1 is 1.06 bits per heavy atom. The Labute approximate surface area is 212 Å². The summed E-state index contributed by atoms with van der Waals surface area (Å²) in [5, 5.41) is 11.6. The lowest BCUT2D eigenvalue weighted by Gasteiger charge is -2.37. The number of hydrogen-bond donors (Lipinski definition) is 0. The minimum Gasteiger partial charge on any atom is -0.493 e. The van der Waals surface area contributed by atoms with Gasteiger partial charge in [0.05, 0.1) is 35.8 Å². The molecule has 0 bridgehead atoms. The fourth-order valence-corrected chi connectivity index (χ4v) is 4.60. The summed E-state index contributed by atoms with van der Waals surface area (Å²) in [6, 6.07) is 13.8. The van der Waals surface area contributed by atoms with Gasteiger partial charge >= 0.3 is 0 Å². The second kappa shape index (κ2) is 10.4. The van der Waals surface area contributed by atoms with Gasteiger partial charge in [0.2, 0.25) is 0 Å². The SMILES string of the molecule is COc1cc2c(cc1OC)C(COc1ccc([N+](=O)[O-])cc1)N(C(=O)c1ccc(Cl)cc1Cl)CC2. The molecule has 8 nitrogen and oxygen atoms in total. The van der Waals surface area contributed by atoms with Crippen LogP contribution in [0.1, 0.15) is 27.5 Å². The molecule has 0 aliphatic carbocycles. The summed E-state index contributed by atoms with van der Waals surface area (Å²) in [4.78, 5) is 25.7. The normalized spacial score (nSPS) is 14.7. The molecule has 1 aliphatic heterocycles. The number of nitro groups is 1. The van der Waals surface area contributed by atoms with Crippen LogP contribution in [-0.4, -0.2) is 43.1 Å². The Bertz CT molecular complexity index is 1270. The van der Waals surface area contributed by atoms with E-state index in [1.54, 1.807) is 31.3 Å². The molecule has 1 unspecified atom stereocenters. The topological polar surface area (TPSA) is 91.1 Å². The molecule has 3 aromatic carbocycles. The van der Waals surface area contributed by atoms with Gasteiger partial charge in [-0.1, -0.05) is 23.2 Å². The number of nitrogens with zero attached hydrogens (tertiary/aromatic N) is 2. The number of halogens is 2. The predicted molar refractivity (Wildman–Crippen MR) is 132 cm³/mol. The molecule has 0 fully saturated rings. The number of methoxy groups -OCH3 is 2. The highest BCUT2D eigenvalue weighted by Gasteiger charge is 2.34. The van der Waals surface area contributed by atoms with Gasteiger partial charge < -0.3 is 19.1 Å². The molecule has 0 radical (unpaired) electrons. The lowest BCUT2D eigenvalue weighted by atomic mass is 9.91. The number of ether oxygens (including phenoxy) is 3. The van der Waals surface area contributed by atoms with Gasteiger partial charge in [-0.05, 0) is 60.0 Å². The molecule has 1 aliphatic rings. The molecule has 1 heterocycles. The summed E-state index contributed by atoms with van der Waals surface area (Å²) in [5.74, 6) is 1.32. The second-order valence-corrected chi connectivity index (χ2v) is 8.70. The van der Waals surface area contributed by atoms with Gasteiger partial charge in [-0.2, -0.15) is 0 Å². The highest BCUT2D eigenvalue weighted by Crippen LogP contribution is 2.39. The molecule has 0 N–H and O–H groups in total. The first kappa shape index (κ1) is 24.6. The average Bonchev–Trinajstić information content (AvgIpc) is 2.86. The van der Waals surface area contributed by atoms with Crippen LogP contribution in [0.4, 0.5) is 5.69 Å². The van der Waals surface area contributed by atoms with Crippen LogP contribution in [0, 0.1) is 10.1 Å². The highest BCUT2D eigenvalue weighted by atomic mass is 35.5. The Hall–Kier alpha value is -3.49. The number of nitro benzene ring substituents is 1. The van der Waals surface area contributed by atoms with Crippen LogP contribution in [0.25, 0.3) is 0 Å². The van der Waals surface area contributed by atoms with Crippen LogP contribution in [-0.2, 0) is 6.42 Å². The molecule has 0 spiro atoms. The zero-order valence-corrected chi connectivity index (χ0v) is 20.5. The smallest absolute Gasteiger partial charge is 0.269 e. The van der Waals surface area contributed by atoms with Crippen LogP contribution >= 0.6 is 23.2 Å². The number of fused-ring (bicyclic) bond motifs is 1. The first-order chi connectivity index (χ1) is 16.8. The standard InChI is InChI=1S/C25H22Cl2N2O6/c1-33-23-11-15-9-10-28(25(30)19-8-3-16(26)12-21(19)27)22(20(15)13-24(23)34-2)14-35-18-6-4-17(5-7-18)29(31)32/h3-8,11-13,22H,9-10,14H2,1-2H3. The van der Waals surface area contributed by atoms with Crippen molar-refractivity contribution in [3.8, 4) is 17.2 Å². The zero-order valence-electron chi connectivity index (χ0n) is 19.0. The van der Waals surface area contributed by atoms with E-state index in [4.69, 9.17) is 37.4 Å². The molecule has 10 heteroatoms. The van der Waals surface area contributed by atoms with Crippen LogP contribution in [0.15, 0.2) is 54.6 Å². The van der Waals surface area contributed by atoms with Gasteiger partial charge in [-0.3, -0.25) is 14.9 Å². The van der Waals surface area contributed by atoms with Crippen molar-refractivity contribution in [2.45, 2.75) is 12.5 Å². The van der Waals surface area contributed by atoms with E-state index < -0.39 is 11.0 Å². The van der Waals surface area contributed by atoms with E-state index in [1.807, 2.05) is 12.1 Å². The van der Waals surface area contributed by atoms with Gasteiger partial charge in [-0.25, -0.2) is 0 Å². The van der Waals surface area contributed by atoms with Crippen molar-refractivity contribution in [3.05, 3.63) is 91.4 Å². The second-order valence-electron chi connectivity index (χ2n) is 7.86. The van der Waals surface area contributed by atoms with Crippen LogP contribution in [0.5, 0.6) is 17.2 Å². The highest BCUT2D eigenvalue weighted by molar-refractivity contribution is 6.36. The van der Waals surface area contributed by atoms with E-state index in [2.05, 4.69) is 0 Å². The average molecular weight is 517 g/mol. The number of non-ortho nitro benzene ring substituents is 1. The predicted octanol–water partition coefficient (Wildman–Crippen LogP) is 5.74. The zero-order chi connectivity index (χ0) is 25.1. The number of hydrogen-bond acceptors (Lipinski definition) is 6. The molecule has 1 amide bonds. The first-order valence-electron chi connectivity index (χ1n) is 10.7. The number of benzene rings is 3. The van der Waals surface area contributed by atoms with Gasteiger partial charge in [0.25, 0.3) is 11.6 Å². The van der Waals surface area contributed by atoms with E-state index in [1.165, 1.54) is 30.3 Å². The number of amides is 1. The maximum Gasteiger partial charge on any atom is 0.269 e. The molecule has 0 aromatic heterocycles. The molecule has 1 atom stereocenters. The van der Waals surface area contributed by atoms with Crippen LogP contribution in [0.2, 0.25) is 10.0 Å². The molecule has 3 aromatic rings.